The molecule has 27 heavy (non-hydrogen) atoms. The number of nitrogens with zero attached hydrogens (tertiary/aromatic N) is 1. The minimum Gasteiger partial charge on any atom is -0.354 e. The van der Waals surface area contributed by atoms with Gasteiger partial charge in [0.1, 0.15) is 0 Å². The van der Waals surface area contributed by atoms with E-state index in [1.165, 1.54) is 0 Å². The first-order chi connectivity index (χ1) is 12.7. The topological polar surface area (TPSA) is 75.4 Å². The fraction of sp³-hybridized carbons (Fsp3) is 0.429. The molecule has 3 rings (SSSR count). The Bertz CT molecular complexity index is 776. The van der Waals surface area contributed by atoms with E-state index in [1.807, 2.05) is 29.2 Å². The van der Waals surface area contributed by atoms with E-state index in [0.717, 1.165) is 42.1 Å². The monoisotopic (exact) mass is 389 g/mol. The van der Waals surface area contributed by atoms with Crippen LogP contribution in [0.4, 0.5) is 0 Å². The minimum absolute atomic E-state index is 0. The molecule has 3 N–H and O–H groups in total. The number of amides is 2. The van der Waals surface area contributed by atoms with Gasteiger partial charge in [0.05, 0.1) is 6.42 Å². The van der Waals surface area contributed by atoms with Gasteiger partial charge in [0.2, 0.25) is 11.8 Å². The van der Waals surface area contributed by atoms with Crippen LogP contribution >= 0.6 is 12.4 Å². The van der Waals surface area contributed by atoms with E-state index in [-0.39, 0.29) is 30.3 Å². The lowest BCUT2D eigenvalue weighted by Crippen LogP contribution is -2.50. The zero-order valence-corrected chi connectivity index (χ0v) is 16.3. The van der Waals surface area contributed by atoms with Gasteiger partial charge in [-0.1, -0.05) is 42.5 Å². The summed E-state index contributed by atoms with van der Waals surface area (Å²) in [7, 11) is 0. The molecular weight excluding hydrogens is 362 g/mol. The van der Waals surface area contributed by atoms with E-state index in [1.54, 1.807) is 0 Å². The van der Waals surface area contributed by atoms with Crippen molar-refractivity contribution in [3.8, 4) is 0 Å². The summed E-state index contributed by atoms with van der Waals surface area (Å²) < 4.78 is 0. The Hall–Kier alpha value is -2.11. The molecule has 1 unspecified atom stereocenters. The fourth-order valence-electron chi connectivity index (χ4n) is 3.70. The first kappa shape index (κ1) is 21.2. The van der Waals surface area contributed by atoms with Crippen LogP contribution in [0.5, 0.6) is 0 Å². The van der Waals surface area contributed by atoms with Gasteiger partial charge in [-0.2, -0.15) is 0 Å². The zero-order valence-electron chi connectivity index (χ0n) is 15.5. The van der Waals surface area contributed by atoms with E-state index >= 15 is 0 Å². The molecule has 1 atom stereocenters. The zero-order chi connectivity index (χ0) is 18.4. The third kappa shape index (κ3) is 5.44. The summed E-state index contributed by atoms with van der Waals surface area (Å²) >= 11 is 0. The second kappa shape index (κ2) is 10.3. The number of fused-ring (bicyclic) bond motifs is 1. The molecule has 0 radical (unpaired) electrons. The Balaban J connectivity index is 0.00000261. The average molecular weight is 390 g/mol. The number of hydrogen-bond donors (Lipinski definition) is 2. The molecular formula is C21H28ClN3O2. The maximum atomic E-state index is 13.0. The SMILES string of the molecule is Cl.NCCC(=O)NCC1CCCCN1C(=O)Cc1cccc2ccccc12. The first-order valence-corrected chi connectivity index (χ1v) is 9.42. The highest BCUT2D eigenvalue weighted by Gasteiger charge is 2.27. The highest BCUT2D eigenvalue weighted by molar-refractivity contribution is 5.90. The second-order valence-corrected chi connectivity index (χ2v) is 6.89. The van der Waals surface area contributed by atoms with Crippen molar-refractivity contribution in [3.63, 3.8) is 0 Å². The summed E-state index contributed by atoms with van der Waals surface area (Å²) in [6.07, 6.45) is 3.78. The number of piperidine rings is 1. The Morgan fingerprint density at radius 3 is 2.70 bits per heavy atom. The summed E-state index contributed by atoms with van der Waals surface area (Å²) in [5.41, 5.74) is 6.48. The Morgan fingerprint density at radius 2 is 1.89 bits per heavy atom. The number of carbonyl (C=O) groups excluding carboxylic acids is 2. The Labute approximate surface area is 166 Å². The summed E-state index contributed by atoms with van der Waals surface area (Å²) in [5.74, 6) is 0.0960. The molecule has 0 aromatic heterocycles. The molecule has 0 spiro atoms. The molecule has 1 heterocycles. The molecule has 1 aliphatic heterocycles. The van der Waals surface area contributed by atoms with Crippen LogP contribution in [0.15, 0.2) is 42.5 Å². The summed E-state index contributed by atoms with van der Waals surface area (Å²) in [5, 5.41) is 5.21. The van der Waals surface area contributed by atoms with Crippen molar-refractivity contribution in [2.45, 2.75) is 38.1 Å². The van der Waals surface area contributed by atoms with Crippen LogP contribution < -0.4 is 11.1 Å². The molecule has 5 nitrogen and oxygen atoms in total. The van der Waals surface area contributed by atoms with Crippen LogP contribution in [0.2, 0.25) is 0 Å². The number of benzene rings is 2. The summed E-state index contributed by atoms with van der Waals surface area (Å²) in [6.45, 7) is 1.63. The van der Waals surface area contributed by atoms with Gasteiger partial charge in [0.25, 0.3) is 0 Å². The first-order valence-electron chi connectivity index (χ1n) is 9.42. The highest BCUT2D eigenvalue weighted by Crippen LogP contribution is 2.22. The van der Waals surface area contributed by atoms with Crippen molar-refractivity contribution < 1.29 is 9.59 Å². The van der Waals surface area contributed by atoms with Crippen LogP contribution in [0, 0.1) is 0 Å². The molecule has 1 fully saturated rings. The normalized spacial score (nSPS) is 16.6. The third-order valence-corrected chi connectivity index (χ3v) is 5.08. The van der Waals surface area contributed by atoms with E-state index in [0.29, 0.717) is 25.9 Å². The van der Waals surface area contributed by atoms with Gasteiger partial charge in [-0.05, 0) is 35.6 Å². The number of carbonyl (C=O) groups is 2. The van der Waals surface area contributed by atoms with Crippen molar-refractivity contribution in [1.29, 1.82) is 0 Å². The van der Waals surface area contributed by atoms with Crippen molar-refractivity contribution in [3.05, 3.63) is 48.0 Å². The van der Waals surface area contributed by atoms with Crippen molar-refractivity contribution >= 4 is 35.0 Å². The highest BCUT2D eigenvalue weighted by atomic mass is 35.5. The largest absolute Gasteiger partial charge is 0.354 e. The van der Waals surface area contributed by atoms with E-state index in [2.05, 4.69) is 23.5 Å². The van der Waals surface area contributed by atoms with Gasteiger partial charge in [0.15, 0.2) is 0 Å². The molecule has 2 aromatic carbocycles. The predicted octanol–water partition coefficient (Wildman–Crippen LogP) is 2.65. The van der Waals surface area contributed by atoms with Gasteiger partial charge in [0, 0.05) is 32.1 Å². The van der Waals surface area contributed by atoms with Gasteiger partial charge < -0.3 is 16.0 Å². The molecule has 1 saturated heterocycles. The lowest BCUT2D eigenvalue weighted by Gasteiger charge is -2.36. The van der Waals surface area contributed by atoms with Gasteiger partial charge in [-0.25, -0.2) is 0 Å². The predicted molar refractivity (Wildman–Crippen MR) is 111 cm³/mol. The standard InChI is InChI=1S/C21H27N3O2.ClH/c22-12-11-20(25)23-15-18-9-3-4-13-24(18)21(26)14-17-8-5-7-16-6-1-2-10-19(16)17;/h1-2,5-8,10,18H,3-4,9,11-15,22H2,(H,23,25);1H. The van der Waals surface area contributed by atoms with Crippen LogP contribution in [-0.2, 0) is 16.0 Å². The van der Waals surface area contributed by atoms with Crippen LogP contribution in [0.1, 0.15) is 31.2 Å². The van der Waals surface area contributed by atoms with Gasteiger partial charge in [-0.15, -0.1) is 12.4 Å². The third-order valence-electron chi connectivity index (χ3n) is 5.08. The Kier molecular flexibility index (Phi) is 8.07. The maximum absolute atomic E-state index is 13.0. The number of nitrogens with one attached hydrogen (secondary N) is 1. The van der Waals surface area contributed by atoms with Crippen molar-refractivity contribution in [2.75, 3.05) is 19.6 Å². The van der Waals surface area contributed by atoms with Crippen LogP contribution in [0.25, 0.3) is 10.8 Å². The maximum Gasteiger partial charge on any atom is 0.227 e. The molecule has 146 valence electrons. The minimum atomic E-state index is -0.0421. The molecule has 6 heteroatoms. The number of halogens is 1. The molecule has 0 bridgehead atoms. The fourth-order valence-corrected chi connectivity index (χ4v) is 3.70. The molecule has 0 saturated carbocycles. The number of hydrogen-bond acceptors (Lipinski definition) is 3. The molecule has 2 amide bonds. The summed E-state index contributed by atoms with van der Waals surface area (Å²) in [6, 6.07) is 14.3. The molecule has 0 aliphatic carbocycles. The van der Waals surface area contributed by atoms with Gasteiger partial charge >= 0.3 is 0 Å². The van der Waals surface area contributed by atoms with Crippen molar-refractivity contribution in [2.24, 2.45) is 5.73 Å². The van der Waals surface area contributed by atoms with E-state index < -0.39 is 0 Å². The van der Waals surface area contributed by atoms with Gasteiger partial charge in [-0.3, -0.25) is 9.59 Å². The second-order valence-electron chi connectivity index (χ2n) is 6.89. The molecule has 1 aliphatic rings. The number of rotatable bonds is 6. The number of nitrogens with two attached hydrogens (primary N) is 1. The smallest absolute Gasteiger partial charge is 0.227 e. The van der Waals surface area contributed by atoms with E-state index in [4.69, 9.17) is 5.73 Å². The Morgan fingerprint density at radius 1 is 1.11 bits per heavy atom. The quantitative estimate of drug-likeness (QED) is 0.797. The lowest BCUT2D eigenvalue weighted by atomic mass is 9.98. The van der Waals surface area contributed by atoms with E-state index in [9.17, 15) is 9.59 Å². The average Bonchev–Trinajstić information content (AvgIpc) is 2.67. The van der Waals surface area contributed by atoms with Crippen molar-refractivity contribution in [1.82, 2.24) is 10.2 Å². The number of likely N-dealkylation sites (tertiary alicyclic amines) is 1. The summed E-state index contributed by atoms with van der Waals surface area (Å²) in [4.78, 5) is 26.6. The lowest BCUT2D eigenvalue weighted by molar-refractivity contribution is -0.134. The van der Waals surface area contributed by atoms with Crippen LogP contribution in [0.3, 0.4) is 0 Å². The van der Waals surface area contributed by atoms with Crippen LogP contribution in [-0.4, -0.2) is 42.4 Å². The molecule has 2 aromatic rings.